The van der Waals surface area contributed by atoms with Crippen molar-refractivity contribution in [1.82, 2.24) is 5.32 Å². The number of hydrogen-bond donors (Lipinski definition) is 2. The fraction of sp³-hybridized carbons (Fsp3) is 0.263. The van der Waals surface area contributed by atoms with E-state index in [2.05, 4.69) is 5.32 Å². The molecule has 0 aromatic heterocycles. The molecule has 0 radical (unpaired) electrons. The van der Waals surface area contributed by atoms with Gasteiger partial charge in [0.2, 0.25) is 11.8 Å². The van der Waals surface area contributed by atoms with Crippen LogP contribution in [0.2, 0.25) is 5.02 Å². The van der Waals surface area contributed by atoms with Gasteiger partial charge < -0.3 is 15.3 Å². The highest BCUT2D eigenvalue weighted by Gasteiger charge is 2.35. The van der Waals surface area contributed by atoms with E-state index in [1.807, 2.05) is 0 Å². The third-order valence-corrected chi connectivity index (χ3v) is 4.65. The minimum atomic E-state index is -1.19. The zero-order valence-electron chi connectivity index (χ0n) is 14.2. The highest BCUT2D eigenvalue weighted by atomic mass is 35.5. The fourth-order valence-electron chi connectivity index (χ4n) is 2.96. The van der Waals surface area contributed by atoms with Gasteiger partial charge in [-0.25, -0.2) is 8.78 Å². The van der Waals surface area contributed by atoms with Crippen molar-refractivity contribution in [2.45, 2.75) is 12.5 Å². The van der Waals surface area contributed by atoms with E-state index in [0.717, 1.165) is 12.1 Å². The minimum absolute atomic E-state index is 0.0413. The molecular formula is C19H17ClF2N2O3. The normalized spacial score (nSPS) is 17.9. The molecule has 0 bridgehead atoms. The van der Waals surface area contributed by atoms with Crippen molar-refractivity contribution in [1.29, 1.82) is 0 Å². The lowest BCUT2D eigenvalue weighted by atomic mass is 10.1. The Hall–Kier alpha value is -2.51. The predicted molar refractivity (Wildman–Crippen MR) is 96.2 cm³/mol. The van der Waals surface area contributed by atoms with Crippen LogP contribution in [-0.4, -0.2) is 30.0 Å². The smallest absolute Gasteiger partial charge is 0.227 e. The van der Waals surface area contributed by atoms with Crippen LogP contribution in [0, 0.1) is 17.6 Å². The third kappa shape index (κ3) is 4.43. The first-order valence-corrected chi connectivity index (χ1v) is 8.69. The molecule has 1 fully saturated rings. The van der Waals surface area contributed by atoms with Crippen molar-refractivity contribution >= 4 is 29.1 Å². The molecule has 1 saturated heterocycles. The zero-order valence-corrected chi connectivity index (χ0v) is 14.9. The van der Waals surface area contributed by atoms with Gasteiger partial charge in [0.15, 0.2) is 11.6 Å². The molecule has 1 aliphatic heterocycles. The summed E-state index contributed by atoms with van der Waals surface area (Å²) in [6, 6.07) is 9.82. The van der Waals surface area contributed by atoms with Gasteiger partial charge in [0, 0.05) is 30.2 Å². The molecule has 27 heavy (non-hydrogen) atoms. The maximum absolute atomic E-state index is 13.2. The lowest BCUT2D eigenvalue weighted by molar-refractivity contribution is -0.126. The topological polar surface area (TPSA) is 69.6 Å². The van der Waals surface area contributed by atoms with Gasteiger partial charge in [0.1, 0.15) is 0 Å². The number of rotatable bonds is 5. The number of nitrogens with zero attached hydrogens (tertiary/aromatic N) is 1. The summed E-state index contributed by atoms with van der Waals surface area (Å²) in [5, 5.41) is 13.1. The second kappa shape index (κ2) is 8.02. The zero-order chi connectivity index (χ0) is 19.6. The molecule has 0 unspecified atom stereocenters. The molecule has 2 atom stereocenters. The van der Waals surface area contributed by atoms with Gasteiger partial charge in [-0.1, -0.05) is 23.7 Å². The summed E-state index contributed by atoms with van der Waals surface area (Å²) in [4.78, 5) is 26.0. The highest BCUT2D eigenvalue weighted by Crippen LogP contribution is 2.27. The lowest BCUT2D eigenvalue weighted by Gasteiger charge is -2.17. The SMILES string of the molecule is O=C(NC[C@H](O)c1ccc(F)c(F)c1)[C@@H]1CC(=O)N(c2cccc(Cl)c2)C1. The molecule has 8 heteroatoms. The first kappa shape index (κ1) is 19.3. The molecule has 142 valence electrons. The Morgan fingerprint density at radius 1 is 1.26 bits per heavy atom. The van der Waals surface area contributed by atoms with Crippen LogP contribution in [0.4, 0.5) is 14.5 Å². The number of carbonyl (C=O) groups is 2. The first-order chi connectivity index (χ1) is 12.8. The number of carbonyl (C=O) groups excluding carboxylic acids is 2. The van der Waals surface area contributed by atoms with Crippen LogP contribution in [0.15, 0.2) is 42.5 Å². The number of aliphatic hydroxyl groups excluding tert-OH is 1. The molecule has 2 aromatic carbocycles. The molecule has 0 saturated carbocycles. The number of nitrogens with one attached hydrogen (secondary N) is 1. The summed E-state index contributed by atoms with van der Waals surface area (Å²) in [6.07, 6.45) is -1.15. The third-order valence-electron chi connectivity index (χ3n) is 4.41. The van der Waals surface area contributed by atoms with Gasteiger partial charge in [0.05, 0.1) is 12.0 Å². The predicted octanol–water partition coefficient (Wildman–Crippen LogP) is 2.82. The van der Waals surface area contributed by atoms with E-state index in [1.54, 1.807) is 24.3 Å². The fourth-order valence-corrected chi connectivity index (χ4v) is 3.14. The van der Waals surface area contributed by atoms with E-state index in [0.29, 0.717) is 10.7 Å². The van der Waals surface area contributed by atoms with E-state index in [-0.39, 0.29) is 31.0 Å². The number of aliphatic hydroxyl groups is 1. The van der Waals surface area contributed by atoms with Crippen molar-refractivity contribution in [2.75, 3.05) is 18.0 Å². The number of benzene rings is 2. The van der Waals surface area contributed by atoms with Gasteiger partial charge in [-0.3, -0.25) is 9.59 Å². The Labute approximate surface area is 159 Å². The summed E-state index contributed by atoms with van der Waals surface area (Å²) in [5.74, 6) is -3.25. The number of hydrogen-bond acceptors (Lipinski definition) is 3. The van der Waals surface area contributed by atoms with Crippen LogP contribution in [0.3, 0.4) is 0 Å². The highest BCUT2D eigenvalue weighted by molar-refractivity contribution is 6.31. The van der Waals surface area contributed by atoms with Gasteiger partial charge in [-0.15, -0.1) is 0 Å². The van der Waals surface area contributed by atoms with Crippen LogP contribution < -0.4 is 10.2 Å². The van der Waals surface area contributed by atoms with Gasteiger partial charge in [0.25, 0.3) is 0 Å². The van der Waals surface area contributed by atoms with Crippen molar-refractivity contribution in [3.8, 4) is 0 Å². The Morgan fingerprint density at radius 3 is 2.74 bits per heavy atom. The largest absolute Gasteiger partial charge is 0.387 e. The van der Waals surface area contributed by atoms with Crippen LogP contribution in [0.25, 0.3) is 0 Å². The second-order valence-corrected chi connectivity index (χ2v) is 6.76. The molecule has 0 spiro atoms. The summed E-state index contributed by atoms with van der Waals surface area (Å²) in [6.45, 7) is 0.0258. The monoisotopic (exact) mass is 394 g/mol. The Morgan fingerprint density at radius 2 is 2.04 bits per heavy atom. The Balaban J connectivity index is 1.58. The summed E-state index contributed by atoms with van der Waals surface area (Å²) in [7, 11) is 0. The van der Waals surface area contributed by atoms with Crippen LogP contribution >= 0.6 is 11.6 Å². The minimum Gasteiger partial charge on any atom is -0.387 e. The van der Waals surface area contributed by atoms with E-state index >= 15 is 0 Å². The molecule has 3 rings (SSSR count). The average Bonchev–Trinajstić information content (AvgIpc) is 3.03. The Bertz CT molecular complexity index is 878. The summed E-state index contributed by atoms with van der Waals surface area (Å²) < 4.78 is 26.2. The van der Waals surface area contributed by atoms with Crippen molar-refractivity contribution in [3.05, 3.63) is 64.7 Å². The number of halogens is 3. The number of amides is 2. The Kier molecular flexibility index (Phi) is 5.72. The van der Waals surface area contributed by atoms with Crippen LogP contribution in [-0.2, 0) is 9.59 Å². The average molecular weight is 395 g/mol. The maximum atomic E-state index is 13.2. The first-order valence-electron chi connectivity index (χ1n) is 8.32. The maximum Gasteiger partial charge on any atom is 0.227 e. The van der Waals surface area contributed by atoms with Crippen molar-refractivity contribution in [3.63, 3.8) is 0 Å². The lowest BCUT2D eigenvalue weighted by Crippen LogP contribution is -2.35. The second-order valence-electron chi connectivity index (χ2n) is 6.32. The van der Waals surface area contributed by atoms with Gasteiger partial charge in [-0.05, 0) is 35.9 Å². The molecular weight excluding hydrogens is 378 g/mol. The molecule has 5 nitrogen and oxygen atoms in total. The van der Waals surface area contributed by atoms with Crippen LogP contribution in [0.5, 0.6) is 0 Å². The molecule has 2 aromatic rings. The molecule has 1 aliphatic rings. The molecule has 1 heterocycles. The van der Waals surface area contributed by atoms with Crippen molar-refractivity contribution < 1.29 is 23.5 Å². The summed E-state index contributed by atoms with van der Waals surface area (Å²) in [5.41, 5.74) is 0.766. The van der Waals surface area contributed by atoms with Crippen LogP contribution in [0.1, 0.15) is 18.1 Å². The van der Waals surface area contributed by atoms with Crippen molar-refractivity contribution in [2.24, 2.45) is 5.92 Å². The van der Waals surface area contributed by atoms with E-state index in [1.165, 1.54) is 11.0 Å². The van der Waals surface area contributed by atoms with E-state index < -0.39 is 29.6 Å². The van der Waals surface area contributed by atoms with E-state index in [4.69, 9.17) is 11.6 Å². The molecule has 0 aliphatic carbocycles. The summed E-state index contributed by atoms with van der Waals surface area (Å²) >= 11 is 5.94. The molecule has 2 N–H and O–H groups in total. The van der Waals surface area contributed by atoms with Gasteiger partial charge in [-0.2, -0.15) is 0 Å². The van der Waals surface area contributed by atoms with Gasteiger partial charge >= 0.3 is 0 Å². The number of anilines is 1. The standard InChI is InChI=1S/C19H17ClF2N2O3/c20-13-2-1-3-14(8-13)24-10-12(7-18(24)26)19(27)23-9-17(25)11-4-5-15(21)16(22)6-11/h1-6,8,12,17,25H,7,9-10H2,(H,23,27)/t12-,17+/m1/s1. The quantitative estimate of drug-likeness (QED) is 0.819. The van der Waals surface area contributed by atoms with E-state index in [9.17, 15) is 23.5 Å². The molecule has 2 amide bonds.